The summed E-state index contributed by atoms with van der Waals surface area (Å²) in [5, 5.41) is 11.0. The number of benzene rings is 3. The molecule has 2 aliphatic rings. The monoisotopic (exact) mass is 568 g/mol. The van der Waals surface area contributed by atoms with Crippen molar-refractivity contribution in [3.63, 3.8) is 0 Å². The number of piperidine rings is 1. The van der Waals surface area contributed by atoms with Crippen LogP contribution in [0.25, 0.3) is 10.9 Å². The number of halogens is 1. The molecule has 1 fully saturated rings. The summed E-state index contributed by atoms with van der Waals surface area (Å²) in [4.78, 5) is 25.6. The number of pyridine rings is 1. The molecule has 6 rings (SSSR count). The molecule has 1 saturated heterocycles. The number of aliphatic hydroxyl groups is 1. The molecule has 1 N–H and O–H groups in total. The Morgan fingerprint density at radius 3 is 2.50 bits per heavy atom. The standard InChI is InChI=1S/C34H37FN4O3/c1-37-21-26-6-4-3-5-24(26)18-32(37)34(41)39(20-23-7-11-30(42-2)12-8-23)22-27-17-25-9-10-28(35)19-31(25)36-33(27)38-15-13-29(40)14-16-38/h3-12,17,19,29,32,40H,13-16,18,20-22H2,1-2H3. The van der Waals surface area contributed by atoms with Gasteiger partial charge in [0.15, 0.2) is 0 Å². The molecule has 1 amide bonds. The van der Waals surface area contributed by atoms with E-state index in [9.17, 15) is 14.3 Å². The van der Waals surface area contributed by atoms with Gasteiger partial charge in [0.1, 0.15) is 17.4 Å². The second-order valence-electron chi connectivity index (χ2n) is 11.5. The number of aromatic nitrogens is 1. The number of hydrogen-bond acceptors (Lipinski definition) is 6. The predicted molar refractivity (Wildman–Crippen MR) is 162 cm³/mol. The van der Waals surface area contributed by atoms with Crippen LogP contribution in [0.15, 0.2) is 72.8 Å². The average Bonchev–Trinajstić information content (AvgIpc) is 3.00. The van der Waals surface area contributed by atoms with Crippen LogP contribution in [0.5, 0.6) is 5.75 Å². The minimum absolute atomic E-state index is 0.0574. The molecular weight excluding hydrogens is 531 g/mol. The zero-order chi connectivity index (χ0) is 29.2. The van der Waals surface area contributed by atoms with Gasteiger partial charge in [-0.2, -0.15) is 0 Å². The van der Waals surface area contributed by atoms with Gasteiger partial charge in [-0.15, -0.1) is 0 Å². The van der Waals surface area contributed by atoms with Gasteiger partial charge in [0.2, 0.25) is 5.91 Å². The number of carbonyl (C=O) groups excluding carboxylic acids is 1. The molecule has 7 nitrogen and oxygen atoms in total. The summed E-state index contributed by atoms with van der Waals surface area (Å²) in [5.41, 5.74) is 4.95. The van der Waals surface area contributed by atoms with Crippen molar-refractivity contribution >= 4 is 22.6 Å². The Labute approximate surface area is 246 Å². The van der Waals surface area contributed by atoms with Gasteiger partial charge in [0.05, 0.1) is 24.8 Å². The van der Waals surface area contributed by atoms with Crippen LogP contribution in [0.1, 0.15) is 35.1 Å². The normalized spacial score (nSPS) is 17.7. The summed E-state index contributed by atoms with van der Waals surface area (Å²) >= 11 is 0. The number of nitrogens with zero attached hydrogens (tertiary/aromatic N) is 4. The van der Waals surface area contributed by atoms with Gasteiger partial charge < -0.3 is 19.6 Å². The van der Waals surface area contributed by atoms with E-state index in [0.29, 0.717) is 57.5 Å². The maximum Gasteiger partial charge on any atom is 0.240 e. The highest BCUT2D eigenvalue weighted by atomic mass is 19.1. The second kappa shape index (κ2) is 12.1. The van der Waals surface area contributed by atoms with E-state index >= 15 is 0 Å². The molecule has 2 aliphatic heterocycles. The fourth-order valence-corrected chi connectivity index (χ4v) is 6.15. The molecule has 1 atom stereocenters. The molecule has 218 valence electrons. The third-order valence-electron chi connectivity index (χ3n) is 8.57. The first-order chi connectivity index (χ1) is 20.4. The van der Waals surface area contributed by atoms with Crippen molar-refractivity contribution in [2.75, 3.05) is 32.1 Å². The van der Waals surface area contributed by atoms with E-state index in [-0.39, 0.29) is 23.9 Å². The van der Waals surface area contributed by atoms with Crippen LogP contribution in [0.4, 0.5) is 10.2 Å². The van der Waals surface area contributed by atoms with Crippen LogP contribution >= 0.6 is 0 Å². The smallest absolute Gasteiger partial charge is 0.240 e. The van der Waals surface area contributed by atoms with Crippen LogP contribution in [-0.2, 0) is 30.8 Å². The van der Waals surface area contributed by atoms with E-state index in [1.807, 2.05) is 54.4 Å². The minimum atomic E-state index is -0.334. The molecule has 0 saturated carbocycles. The lowest BCUT2D eigenvalue weighted by Crippen LogP contribution is -2.49. The van der Waals surface area contributed by atoms with Crippen LogP contribution in [0.3, 0.4) is 0 Å². The molecule has 0 aliphatic carbocycles. The number of anilines is 1. The summed E-state index contributed by atoms with van der Waals surface area (Å²) in [6, 6.07) is 22.5. The molecule has 8 heteroatoms. The molecule has 3 heterocycles. The third-order valence-corrected chi connectivity index (χ3v) is 8.57. The molecular formula is C34H37FN4O3. The fraction of sp³-hybridized carbons (Fsp3) is 0.353. The van der Waals surface area contributed by atoms with Crippen molar-refractivity contribution in [3.05, 3.63) is 101 Å². The Morgan fingerprint density at radius 1 is 1.02 bits per heavy atom. The van der Waals surface area contributed by atoms with E-state index in [1.165, 1.54) is 23.3 Å². The topological polar surface area (TPSA) is 69.1 Å². The van der Waals surface area contributed by atoms with E-state index in [0.717, 1.165) is 28.1 Å². The molecule has 0 bridgehead atoms. The maximum atomic E-state index is 14.4. The third kappa shape index (κ3) is 5.96. The number of amides is 1. The first-order valence-corrected chi connectivity index (χ1v) is 14.6. The number of hydrogen-bond donors (Lipinski definition) is 1. The number of methoxy groups -OCH3 is 1. The molecule has 1 unspecified atom stereocenters. The molecule has 42 heavy (non-hydrogen) atoms. The summed E-state index contributed by atoms with van der Waals surface area (Å²) in [6.07, 6.45) is 1.60. The molecule has 3 aromatic carbocycles. The number of aliphatic hydroxyl groups excluding tert-OH is 1. The molecule has 0 spiro atoms. The Morgan fingerprint density at radius 2 is 1.76 bits per heavy atom. The highest BCUT2D eigenvalue weighted by Crippen LogP contribution is 2.30. The lowest BCUT2D eigenvalue weighted by molar-refractivity contribution is -0.138. The van der Waals surface area contributed by atoms with Crippen molar-refractivity contribution in [1.82, 2.24) is 14.8 Å². The van der Waals surface area contributed by atoms with Gasteiger partial charge in [-0.05, 0) is 73.3 Å². The van der Waals surface area contributed by atoms with Gasteiger partial charge in [-0.3, -0.25) is 9.69 Å². The van der Waals surface area contributed by atoms with Crippen molar-refractivity contribution in [2.45, 2.75) is 51.0 Å². The van der Waals surface area contributed by atoms with Crippen molar-refractivity contribution < 1.29 is 19.0 Å². The lowest BCUT2D eigenvalue weighted by atomic mass is 9.93. The van der Waals surface area contributed by atoms with E-state index in [2.05, 4.69) is 21.9 Å². The van der Waals surface area contributed by atoms with Gasteiger partial charge in [0, 0.05) is 49.7 Å². The van der Waals surface area contributed by atoms with Crippen LogP contribution in [0.2, 0.25) is 0 Å². The molecule has 4 aromatic rings. The Bertz CT molecular complexity index is 1570. The number of fused-ring (bicyclic) bond motifs is 2. The van der Waals surface area contributed by atoms with E-state index in [4.69, 9.17) is 9.72 Å². The van der Waals surface area contributed by atoms with Crippen LogP contribution in [-0.4, -0.2) is 65.2 Å². The maximum absolute atomic E-state index is 14.4. The molecule has 1 aromatic heterocycles. The number of carbonyl (C=O) groups is 1. The predicted octanol–water partition coefficient (Wildman–Crippen LogP) is 4.93. The number of ether oxygens (including phenoxy) is 1. The zero-order valence-corrected chi connectivity index (χ0v) is 24.2. The van der Waals surface area contributed by atoms with Crippen molar-refractivity contribution in [3.8, 4) is 5.75 Å². The summed E-state index contributed by atoms with van der Waals surface area (Å²) in [5.74, 6) is 1.23. The first kappa shape index (κ1) is 28.1. The van der Waals surface area contributed by atoms with Crippen LogP contribution < -0.4 is 9.64 Å². The van der Waals surface area contributed by atoms with Gasteiger partial charge in [0.25, 0.3) is 0 Å². The van der Waals surface area contributed by atoms with Gasteiger partial charge in [-0.25, -0.2) is 9.37 Å². The van der Waals surface area contributed by atoms with Crippen molar-refractivity contribution in [1.29, 1.82) is 0 Å². The SMILES string of the molecule is COc1ccc(CN(Cc2cc3ccc(F)cc3nc2N2CCC(O)CC2)C(=O)C2Cc3ccccc3CN2C)cc1. The Balaban J connectivity index is 1.37. The largest absolute Gasteiger partial charge is 0.497 e. The van der Waals surface area contributed by atoms with E-state index < -0.39 is 0 Å². The van der Waals surface area contributed by atoms with Crippen LogP contribution in [0, 0.1) is 5.82 Å². The summed E-state index contributed by atoms with van der Waals surface area (Å²) in [6.45, 7) is 2.79. The van der Waals surface area contributed by atoms with Crippen molar-refractivity contribution in [2.24, 2.45) is 0 Å². The summed E-state index contributed by atoms with van der Waals surface area (Å²) in [7, 11) is 3.65. The minimum Gasteiger partial charge on any atom is -0.497 e. The highest BCUT2D eigenvalue weighted by Gasteiger charge is 2.33. The first-order valence-electron chi connectivity index (χ1n) is 14.6. The molecule has 0 radical (unpaired) electrons. The average molecular weight is 569 g/mol. The summed E-state index contributed by atoms with van der Waals surface area (Å²) < 4.78 is 19.5. The van der Waals surface area contributed by atoms with E-state index in [1.54, 1.807) is 13.2 Å². The highest BCUT2D eigenvalue weighted by molar-refractivity contribution is 5.84. The number of likely N-dealkylation sites (N-methyl/N-ethyl adjacent to an activating group) is 1. The van der Waals surface area contributed by atoms with Gasteiger partial charge >= 0.3 is 0 Å². The fourth-order valence-electron chi connectivity index (χ4n) is 6.15. The number of rotatable bonds is 7. The lowest BCUT2D eigenvalue weighted by Gasteiger charge is -2.37. The van der Waals surface area contributed by atoms with Gasteiger partial charge in [-0.1, -0.05) is 36.4 Å². The quantitative estimate of drug-likeness (QED) is 0.341. The Hall–Kier alpha value is -4.01. The Kier molecular flexibility index (Phi) is 8.09. The zero-order valence-electron chi connectivity index (χ0n) is 24.2. The second-order valence-corrected chi connectivity index (χ2v) is 11.5.